The number of hydrogen-bond donors (Lipinski definition) is 0. The Kier molecular flexibility index (Phi) is 8.13. The molecule has 0 N–H and O–H groups in total. The summed E-state index contributed by atoms with van der Waals surface area (Å²) in [6.07, 6.45) is 0. The van der Waals surface area contributed by atoms with Gasteiger partial charge in [-0.1, -0.05) is 27.7 Å². The first-order chi connectivity index (χ1) is 6.74. The van der Waals surface area contributed by atoms with E-state index in [4.69, 9.17) is 0 Å². The van der Waals surface area contributed by atoms with E-state index < -0.39 is 0 Å². The molecule has 0 rings (SSSR count). The molecule has 0 aromatic rings. The van der Waals surface area contributed by atoms with Crippen LogP contribution in [0.1, 0.15) is 27.7 Å². The van der Waals surface area contributed by atoms with Crippen LogP contribution in [0.3, 0.4) is 0 Å². The lowest BCUT2D eigenvalue weighted by atomic mass is 10.5. The maximum atomic E-state index is 3.91. The molecule has 0 fully saturated rings. The summed E-state index contributed by atoms with van der Waals surface area (Å²) in [6, 6.07) is 0. The first-order valence-corrected chi connectivity index (χ1v) is 7.47. The molecule has 0 radical (unpaired) electrons. The minimum absolute atomic E-state index is 0.187. The van der Waals surface area contributed by atoms with E-state index in [2.05, 4.69) is 49.8 Å². The van der Waals surface area contributed by atoms with Crippen LogP contribution in [0.5, 0.6) is 0 Å². The molecule has 0 aromatic heterocycles. The first kappa shape index (κ1) is 13.9. The molecule has 0 aromatic carbocycles. The van der Waals surface area contributed by atoms with Crippen molar-refractivity contribution in [3.8, 4) is 0 Å². The summed E-state index contributed by atoms with van der Waals surface area (Å²) < 4.78 is 0. The molecule has 0 heterocycles. The van der Waals surface area contributed by atoms with Crippen molar-refractivity contribution in [2.45, 2.75) is 33.5 Å². The maximum Gasteiger partial charge on any atom is 0.0823 e. The number of nitrogens with zero attached hydrogens (tertiary/aromatic N) is 2. The zero-order valence-electron chi connectivity index (χ0n) is 10.3. The maximum absolute atomic E-state index is 3.91. The molecule has 0 bridgehead atoms. The smallest absolute Gasteiger partial charge is 0.0823 e. The molecule has 0 saturated heterocycles. The van der Waals surface area contributed by atoms with Gasteiger partial charge in [0.25, 0.3) is 0 Å². The van der Waals surface area contributed by atoms with Crippen LogP contribution in [0.2, 0.25) is 0 Å². The fourth-order valence-corrected chi connectivity index (χ4v) is 3.90. The van der Waals surface area contributed by atoms with Gasteiger partial charge in [0.2, 0.25) is 0 Å². The van der Waals surface area contributed by atoms with Gasteiger partial charge in [-0.05, 0) is 26.2 Å². The van der Waals surface area contributed by atoms with E-state index in [0.29, 0.717) is 5.79 Å². The van der Waals surface area contributed by atoms with Crippen molar-refractivity contribution in [2.75, 3.05) is 26.2 Å². The third kappa shape index (κ3) is 3.94. The average Bonchev–Trinajstić information content (AvgIpc) is 2.21. The minimum Gasteiger partial charge on any atom is -0.292 e. The quantitative estimate of drug-likeness (QED) is 0.443. The van der Waals surface area contributed by atoms with Crippen molar-refractivity contribution in [3.05, 3.63) is 12.3 Å². The molecule has 0 aliphatic rings. The topological polar surface area (TPSA) is 6.48 Å². The fourth-order valence-electron chi connectivity index (χ4n) is 1.97. The number of rotatable bonds is 8. The van der Waals surface area contributed by atoms with Crippen molar-refractivity contribution >= 4 is 9.52 Å². The Hall–Kier alpha value is -0.123. The van der Waals surface area contributed by atoms with Gasteiger partial charge in [0.1, 0.15) is 0 Å². The summed E-state index contributed by atoms with van der Waals surface area (Å²) in [5.74, 6) is 0.678. The second-order valence-corrected chi connectivity index (χ2v) is 5.23. The molecular formula is C11H26N2Si. The van der Waals surface area contributed by atoms with Crippen molar-refractivity contribution in [3.63, 3.8) is 0 Å². The highest BCUT2D eigenvalue weighted by Crippen LogP contribution is 2.04. The largest absolute Gasteiger partial charge is 0.292 e. The van der Waals surface area contributed by atoms with E-state index in [1.165, 1.54) is 0 Å². The monoisotopic (exact) mass is 214 g/mol. The van der Waals surface area contributed by atoms with Crippen molar-refractivity contribution < 1.29 is 0 Å². The van der Waals surface area contributed by atoms with E-state index in [0.717, 1.165) is 26.2 Å². The lowest BCUT2D eigenvalue weighted by Gasteiger charge is -2.37. The molecule has 0 aliphatic carbocycles. The van der Waals surface area contributed by atoms with Gasteiger partial charge in [-0.15, -0.1) is 12.3 Å². The highest BCUT2D eigenvalue weighted by atomic mass is 28.2. The van der Waals surface area contributed by atoms with E-state index in [1.54, 1.807) is 0 Å². The minimum atomic E-state index is -0.187. The second-order valence-electron chi connectivity index (χ2n) is 3.45. The van der Waals surface area contributed by atoms with Crippen molar-refractivity contribution in [1.29, 1.82) is 0 Å². The third-order valence-corrected chi connectivity index (χ3v) is 4.63. The van der Waals surface area contributed by atoms with Crippen LogP contribution in [0.15, 0.2) is 12.3 Å². The normalized spacial score (nSPS) is 12.5. The van der Waals surface area contributed by atoms with Gasteiger partial charge in [-0.3, -0.25) is 9.80 Å². The summed E-state index contributed by atoms with van der Waals surface area (Å²) in [5.41, 5.74) is 2.17. The van der Waals surface area contributed by atoms with Crippen LogP contribution < -0.4 is 0 Å². The van der Waals surface area contributed by atoms with Gasteiger partial charge in [-0.25, -0.2) is 0 Å². The van der Waals surface area contributed by atoms with E-state index >= 15 is 0 Å². The zero-order chi connectivity index (χ0) is 11.0. The summed E-state index contributed by atoms with van der Waals surface area (Å²) in [4.78, 5) is 5.11. The van der Waals surface area contributed by atoms with Crippen LogP contribution in [0.4, 0.5) is 0 Å². The molecule has 0 atom stereocenters. The summed E-state index contributed by atoms with van der Waals surface area (Å²) in [6.45, 7) is 17.5. The highest BCUT2D eigenvalue weighted by molar-refractivity contribution is 6.43. The molecule has 0 amide bonds. The summed E-state index contributed by atoms with van der Waals surface area (Å²) >= 11 is 0. The van der Waals surface area contributed by atoms with Gasteiger partial charge in [0.15, 0.2) is 0 Å². The van der Waals surface area contributed by atoms with Gasteiger partial charge >= 0.3 is 0 Å². The standard InChI is InChI=1S/C11H26N2Si/c1-6-12(7-2)11(14-10-5)13(8-3)9-4/h10-11H,5-9,14H2,1-4H3. The molecule has 0 spiro atoms. The van der Waals surface area contributed by atoms with Crippen LogP contribution in [-0.4, -0.2) is 51.3 Å². The molecule has 14 heavy (non-hydrogen) atoms. The first-order valence-electron chi connectivity index (χ1n) is 5.83. The third-order valence-electron chi connectivity index (χ3n) is 2.85. The predicted octanol–water partition coefficient (Wildman–Crippen LogP) is 1.27. The van der Waals surface area contributed by atoms with Crippen LogP contribution >= 0.6 is 0 Å². The van der Waals surface area contributed by atoms with Gasteiger partial charge in [0, 0.05) is 5.79 Å². The van der Waals surface area contributed by atoms with E-state index in [-0.39, 0.29) is 9.52 Å². The fraction of sp³-hybridized carbons (Fsp3) is 0.818. The molecular weight excluding hydrogens is 188 g/mol. The van der Waals surface area contributed by atoms with Crippen LogP contribution in [0, 0.1) is 0 Å². The zero-order valence-corrected chi connectivity index (χ0v) is 11.7. The average molecular weight is 214 g/mol. The Balaban J connectivity index is 4.43. The SMILES string of the molecule is C=C[SiH2]C(N(CC)CC)N(CC)CC. The Labute approximate surface area is 91.8 Å². The molecule has 84 valence electrons. The molecule has 0 unspecified atom stereocenters. The van der Waals surface area contributed by atoms with Gasteiger partial charge in [-0.2, -0.15) is 0 Å². The van der Waals surface area contributed by atoms with Crippen LogP contribution in [-0.2, 0) is 0 Å². The van der Waals surface area contributed by atoms with Crippen molar-refractivity contribution in [1.82, 2.24) is 9.80 Å². The molecule has 3 heteroatoms. The Morgan fingerprint density at radius 1 is 1.00 bits per heavy atom. The number of hydrogen-bond acceptors (Lipinski definition) is 2. The Morgan fingerprint density at radius 2 is 1.36 bits per heavy atom. The van der Waals surface area contributed by atoms with E-state index in [1.807, 2.05) is 0 Å². The summed E-state index contributed by atoms with van der Waals surface area (Å²) in [5, 5.41) is 0. The van der Waals surface area contributed by atoms with Crippen molar-refractivity contribution in [2.24, 2.45) is 0 Å². The lowest BCUT2D eigenvalue weighted by Crippen LogP contribution is -2.51. The Bertz CT molecular complexity index is 130. The van der Waals surface area contributed by atoms with E-state index in [9.17, 15) is 0 Å². The van der Waals surface area contributed by atoms with Crippen LogP contribution in [0.25, 0.3) is 0 Å². The van der Waals surface area contributed by atoms with Gasteiger partial charge < -0.3 is 0 Å². The lowest BCUT2D eigenvalue weighted by molar-refractivity contribution is 0.116. The predicted molar refractivity (Wildman–Crippen MR) is 68.4 cm³/mol. The summed E-state index contributed by atoms with van der Waals surface area (Å²) in [7, 11) is -0.187. The molecule has 0 aliphatic heterocycles. The Morgan fingerprint density at radius 3 is 1.57 bits per heavy atom. The van der Waals surface area contributed by atoms with Gasteiger partial charge in [0.05, 0.1) is 9.52 Å². The molecule has 2 nitrogen and oxygen atoms in total. The second kappa shape index (κ2) is 8.21. The molecule has 0 saturated carbocycles. The highest BCUT2D eigenvalue weighted by Gasteiger charge is 2.19.